The van der Waals surface area contributed by atoms with E-state index in [0.717, 1.165) is 0 Å². The molecule has 2 aromatic carbocycles. The quantitative estimate of drug-likeness (QED) is 0.506. The predicted molar refractivity (Wildman–Crippen MR) is 132 cm³/mol. The van der Waals surface area contributed by atoms with E-state index in [1.807, 2.05) is 4.90 Å². The number of carbonyl (C=O) groups excluding carboxylic acids is 3. The van der Waals surface area contributed by atoms with Gasteiger partial charge in [0.2, 0.25) is 11.8 Å². The molecule has 7 nitrogen and oxygen atoms in total. The number of likely N-dealkylation sites (tertiary alicyclic amines) is 1. The molecule has 2 saturated heterocycles. The Hall–Kier alpha value is -3.61. The third kappa shape index (κ3) is 6.57. The van der Waals surface area contributed by atoms with Crippen LogP contribution in [0.5, 0.6) is 0 Å². The van der Waals surface area contributed by atoms with Crippen LogP contribution in [0.1, 0.15) is 48.1 Å². The first-order valence-corrected chi connectivity index (χ1v) is 12.7. The molecule has 2 fully saturated rings. The van der Waals surface area contributed by atoms with Crippen LogP contribution in [-0.4, -0.2) is 64.8 Å². The van der Waals surface area contributed by atoms with E-state index in [9.17, 15) is 40.7 Å². The monoisotopic (exact) mass is 570 g/mol. The summed E-state index contributed by atoms with van der Waals surface area (Å²) in [5.74, 6) is -0.899. The molecule has 1 atom stereocenters. The second kappa shape index (κ2) is 11.5. The van der Waals surface area contributed by atoms with E-state index in [1.54, 1.807) is 35.2 Å². The number of hydrogen-bond donors (Lipinski definition) is 1. The Kier molecular flexibility index (Phi) is 8.43. The van der Waals surface area contributed by atoms with E-state index in [-0.39, 0.29) is 29.6 Å². The van der Waals surface area contributed by atoms with Crippen molar-refractivity contribution in [3.8, 4) is 0 Å². The number of halogens is 6. The Morgan fingerprint density at radius 3 is 1.98 bits per heavy atom. The molecule has 0 aliphatic carbocycles. The van der Waals surface area contributed by atoms with Crippen molar-refractivity contribution in [3.63, 3.8) is 0 Å². The number of nitrogens with zero attached hydrogens (tertiary/aromatic N) is 3. The van der Waals surface area contributed by atoms with E-state index >= 15 is 0 Å². The van der Waals surface area contributed by atoms with Crippen molar-refractivity contribution in [1.29, 1.82) is 0 Å². The van der Waals surface area contributed by atoms with Gasteiger partial charge in [0.25, 0.3) is 0 Å². The minimum absolute atomic E-state index is 0.0446. The third-order valence-corrected chi connectivity index (χ3v) is 7.20. The standard InChI is InChI=1S/C27H28F6N4O3/c1-17(38)36-11-12-37(25(36)40)22-7-9-35(10-8-22)23(19-5-3-2-4-6-19)24(39)34-16-18-13-20(26(28,29)30)15-21(14-18)27(31,32)33/h2-6,13-15,22-23H,7-12,16H2,1H3,(H,34,39). The van der Waals surface area contributed by atoms with Gasteiger partial charge in [-0.15, -0.1) is 0 Å². The van der Waals surface area contributed by atoms with Crippen LogP contribution < -0.4 is 5.32 Å². The van der Waals surface area contributed by atoms with Crippen molar-refractivity contribution in [2.75, 3.05) is 26.2 Å². The van der Waals surface area contributed by atoms with Crippen molar-refractivity contribution >= 4 is 17.8 Å². The number of imide groups is 1. The Labute approximate surface area is 226 Å². The van der Waals surface area contributed by atoms with Gasteiger partial charge in [-0.05, 0) is 42.2 Å². The smallest absolute Gasteiger partial charge is 0.350 e. The van der Waals surface area contributed by atoms with Crippen LogP contribution in [0.2, 0.25) is 0 Å². The summed E-state index contributed by atoms with van der Waals surface area (Å²) in [6.07, 6.45) is -8.93. The van der Waals surface area contributed by atoms with Crippen LogP contribution in [-0.2, 0) is 28.5 Å². The van der Waals surface area contributed by atoms with Gasteiger partial charge in [0, 0.05) is 45.7 Å². The highest BCUT2D eigenvalue weighted by Crippen LogP contribution is 2.36. The fourth-order valence-corrected chi connectivity index (χ4v) is 5.21. The number of alkyl halides is 6. The average molecular weight is 571 g/mol. The predicted octanol–water partition coefficient (Wildman–Crippen LogP) is 4.83. The van der Waals surface area contributed by atoms with Crippen molar-refractivity contribution in [3.05, 3.63) is 70.8 Å². The number of amides is 4. The highest BCUT2D eigenvalue weighted by Gasteiger charge is 2.40. The second-order valence-electron chi connectivity index (χ2n) is 9.86. The molecule has 2 aliphatic rings. The zero-order valence-corrected chi connectivity index (χ0v) is 21.6. The lowest BCUT2D eigenvalue weighted by atomic mass is 9.97. The first kappa shape index (κ1) is 29.4. The summed E-state index contributed by atoms with van der Waals surface area (Å²) in [6.45, 7) is 2.34. The first-order valence-electron chi connectivity index (χ1n) is 12.7. The zero-order valence-electron chi connectivity index (χ0n) is 21.6. The molecule has 4 rings (SSSR count). The van der Waals surface area contributed by atoms with Crippen LogP contribution in [0.15, 0.2) is 48.5 Å². The molecule has 0 aromatic heterocycles. The lowest BCUT2D eigenvalue weighted by Crippen LogP contribution is -2.50. The summed E-state index contributed by atoms with van der Waals surface area (Å²) in [6, 6.07) is 8.56. The van der Waals surface area contributed by atoms with E-state index in [4.69, 9.17) is 0 Å². The molecule has 40 heavy (non-hydrogen) atoms. The van der Waals surface area contributed by atoms with Crippen molar-refractivity contribution in [1.82, 2.24) is 20.0 Å². The fraction of sp³-hybridized carbons (Fsp3) is 0.444. The van der Waals surface area contributed by atoms with Gasteiger partial charge in [0.1, 0.15) is 6.04 Å². The molecule has 0 bridgehead atoms. The largest absolute Gasteiger partial charge is 0.416 e. The molecule has 2 aromatic rings. The summed E-state index contributed by atoms with van der Waals surface area (Å²) in [4.78, 5) is 42.4. The minimum atomic E-state index is -4.99. The average Bonchev–Trinajstić information content (AvgIpc) is 3.29. The lowest BCUT2D eigenvalue weighted by molar-refractivity contribution is -0.143. The number of carbonyl (C=O) groups is 3. The molecule has 216 valence electrons. The van der Waals surface area contributed by atoms with Gasteiger partial charge in [0.15, 0.2) is 0 Å². The Bertz CT molecular complexity index is 1210. The van der Waals surface area contributed by atoms with Gasteiger partial charge >= 0.3 is 18.4 Å². The van der Waals surface area contributed by atoms with Gasteiger partial charge in [-0.25, -0.2) is 4.79 Å². The SMILES string of the molecule is CC(=O)N1CCN(C2CCN(C(C(=O)NCc3cc(C(F)(F)F)cc(C(F)(F)F)c3)c3ccccc3)CC2)C1=O. The van der Waals surface area contributed by atoms with Crippen LogP contribution in [0.25, 0.3) is 0 Å². The number of urea groups is 1. The molecule has 0 spiro atoms. The Balaban J connectivity index is 1.49. The topological polar surface area (TPSA) is 73.0 Å². The van der Waals surface area contributed by atoms with Crippen LogP contribution in [0.3, 0.4) is 0 Å². The summed E-state index contributed by atoms with van der Waals surface area (Å²) in [7, 11) is 0. The van der Waals surface area contributed by atoms with Gasteiger partial charge in [-0.2, -0.15) is 26.3 Å². The van der Waals surface area contributed by atoms with Crippen molar-refractivity contribution in [2.24, 2.45) is 0 Å². The second-order valence-corrected chi connectivity index (χ2v) is 9.86. The maximum atomic E-state index is 13.4. The van der Waals surface area contributed by atoms with Gasteiger partial charge in [-0.3, -0.25) is 19.4 Å². The number of rotatable bonds is 6. The van der Waals surface area contributed by atoms with Gasteiger partial charge < -0.3 is 10.2 Å². The normalized spacial score (nSPS) is 18.2. The molecular weight excluding hydrogens is 542 g/mol. The molecule has 13 heteroatoms. The molecule has 2 aliphatic heterocycles. The number of nitrogens with one attached hydrogen (secondary N) is 1. The molecule has 0 radical (unpaired) electrons. The highest BCUT2D eigenvalue weighted by atomic mass is 19.4. The Morgan fingerprint density at radius 2 is 1.48 bits per heavy atom. The van der Waals surface area contributed by atoms with Crippen LogP contribution >= 0.6 is 0 Å². The minimum Gasteiger partial charge on any atom is -0.350 e. The van der Waals surface area contributed by atoms with E-state index < -0.39 is 42.0 Å². The number of hydrogen-bond acceptors (Lipinski definition) is 4. The summed E-state index contributed by atoms with van der Waals surface area (Å²) >= 11 is 0. The number of piperidine rings is 1. The van der Waals surface area contributed by atoms with Crippen LogP contribution in [0, 0.1) is 0 Å². The van der Waals surface area contributed by atoms with Gasteiger partial charge in [0.05, 0.1) is 11.1 Å². The summed E-state index contributed by atoms with van der Waals surface area (Å²) in [5.41, 5.74) is -2.62. The van der Waals surface area contributed by atoms with Crippen molar-refractivity contribution < 1.29 is 40.7 Å². The molecular formula is C27H28F6N4O3. The maximum absolute atomic E-state index is 13.4. The van der Waals surface area contributed by atoms with Gasteiger partial charge in [-0.1, -0.05) is 30.3 Å². The van der Waals surface area contributed by atoms with Crippen LogP contribution in [0.4, 0.5) is 31.1 Å². The van der Waals surface area contributed by atoms with E-state index in [0.29, 0.717) is 56.7 Å². The molecule has 0 saturated carbocycles. The summed E-state index contributed by atoms with van der Waals surface area (Å²) in [5, 5.41) is 2.52. The first-order chi connectivity index (χ1) is 18.8. The molecule has 1 N–H and O–H groups in total. The van der Waals surface area contributed by atoms with E-state index in [2.05, 4.69) is 5.32 Å². The summed E-state index contributed by atoms with van der Waals surface area (Å²) < 4.78 is 79.5. The number of benzene rings is 2. The fourth-order valence-electron chi connectivity index (χ4n) is 5.21. The van der Waals surface area contributed by atoms with E-state index in [1.165, 1.54) is 11.8 Å². The Morgan fingerprint density at radius 1 is 0.900 bits per heavy atom. The highest BCUT2D eigenvalue weighted by molar-refractivity contribution is 5.94. The molecule has 1 unspecified atom stereocenters. The third-order valence-electron chi connectivity index (χ3n) is 7.20. The zero-order chi connectivity index (χ0) is 29.2. The maximum Gasteiger partial charge on any atom is 0.416 e. The molecule has 4 amide bonds. The van der Waals surface area contributed by atoms with Crippen molar-refractivity contribution in [2.45, 2.75) is 50.7 Å². The lowest BCUT2D eigenvalue weighted by Gasteiger charge is -2.39. The molecule has 2 heterocycles.